The lowest BCUT2D eigenvalue weighted by atomic mass is 9.79. The van der Waals surface area contributed by atoms with E-state index in [1.54, 1.807) is 11.3 Å². The van der Waals surface area contributed by atoms with Gasteiger partial charge in [-0.05, 0) is 49.8 Å². The van der Waals surface area contributed by atoms with Crippen LogP contribution in [-0.4, -0.2) is 42.0 Å². The molecule has 0 unspecified atom stereocenters. The maximum absolute atomic E-state index is 13.0. The summed E-state index contributed by atoms with van der Waals surface area (Å²) < 4.78 is 1.13. The number of anilines is 1. The van der Waals surface area contributed by atoms with E-state index in [1.807, 2.05) is 18.2 Å². The van der Waals surface area contributed by atoms with Crippen molar-refractivity contribution in [2.75, 3.05) is 31.1 Å². The van der Waals surface area contributed by atoms with Crippen molar-refractivity contribution in [3.8, 4) is 0 Å². The molecule has 4 nitrogen and oxygen atoms in total. The average molecular weight is 420 g/mol. The fraction of sp³-hybridized carbons (Fsp3) is 0.636. The summed E-state index contributed by atoms with van der Waals surface area (Å²) in [7, 11) is 0. The number of piperazine rings is 1. The van der Waals surface area contributed by atoms with Gasteiger partial charge < -0.3 is 9.80 Å². The number of carbonyl (C=O) groups is 1. The van der Waals surface area contributed by atoms with E-state index in [4.69, 9.17) is 16.6 Å². The first kappa shape index (κ1) is 20.0. The number of unbranched alkanes of at least 4 members (excludes halogenated alkanes) is 1. The fourth-order valence-corrected chi connectivity index (χ4v) is 5.88. The number of benzene rings is 1. The number of fused-ring (bicyclic) bond motifs is 1. The van der Waals surface area contributed by atoms with Crippen LogP contribution in [0.5, 0.6) is 0 Å². The summed E-state index contributed by atoms with van der Waals surface area (Å²) in [5, 5.41) is 1.79. The predicted molar refractivity (Wildman–Crippen MR) is 118 cm³/mol. The number of nitrogens with zero attached hydrogens (tertiary/aromatic N) is 3. The molecule has 0 atom stereocenters. The molecular weight excluding hydrogens is 390 g/mol. The fourth-order valence-electron chi connectivity index (χ4n) is 4.59. The van der Waals surface area contributed by atoms with Crippen molar-refractivity contribution in [1.29, 1.82) is 0 Å². The third-order valence-corrected chi connectivity index (χ3v) is 7.68. The van der Waals surface area contributed by atoms with E-state index in [2.05, 4.69) is 16.7 Å². The molecule has 0 spiro atoms. The normalized spacial score (nSPS) is 23.4. The molecule has 1 aromatic heterocycles. The van der Waals surface area contributed by atoms with Crippen LogP contribution in [0, 0.1) is 11.8 Å². The van der Waals surface area contributed by atoms with Gasteiger partial charge in [-0.25, -0.2) is 4.98 Å². The monoisotopic (exact) mass is 419 g/mol. The lowest BCUT2D eigenvalue weighted by molar-refractivity contribution is -0.137. The molecule has 2 heterocycles. The molecule has 1 amide bonds. The molecule has 1 aliphatic heterocycles. The summed E-state index contributed by atoms with van der Waals surface area (Å²) in [6.07, 6.45) is 8.63. The average Bonchev–Trinajstić information content (AvgIpc) is 3.15. The molecule has 0 N–H and O–H groups in total. The van der Waals surface area contributed by atoms with Gasteiger partial charge in [0.1, 0.15) is 0 Å². The molecule has 1 saturated heterocycles. The summed E-state index contributed by atoms with van der Waals surface area (Å²) >= 11 is 7.79. The number of hydrogen-bond acceptors (Lipinski definition) is 4. The molecule has 1 aromatic carbocycles. The van der Waals surface area contributed by atoms with Gasteiger partial charge in [-0.1, -0.05) is 49.1 Å². The Morgan fingerprint density at radius 1 is 1.18 bits per heavy atom. The standard InChI is InChI=1S/C22H30ClN3OS/c1-2-3-4-16-5-7-17(8-6-16)21(27)25-11-13-26(14-12-25)22-24-19-10-9-18(23)15-20(19)28-22/h9-10,15-17H,2-8,11-14H2,1H3. The minimum absolute atomic E-state index is 0.258. The summed E-state index contributed by atoms with van der Waals surface area (Å²) in [6, 6.07) is 5.85. The molecule has 0 radical (unpaired) electrons. The van der Waals surface area contributed by atoms with Crippen LogP contribution in [0.2, 0.25) is 5.02 Å². The van der Waals surface area contributed by atoms with Gasteiger partial charge in [-0.3, -0.25) is 4.79 Å². The second-order valence-electron chi connectivity index (χ2n) is 8.28. The SMILES string of the molecule is CCCCC1CCC(C(=O)N2CCN(c3nc4ccc(Cl)cc4s3)CC2)CC1. The summed E-state index contributed by atoms with van der Waals surface area (Å²) in [5.74, 6) is 1.51. The number of hydrogen-bond donors (Lipinski definition) is 0. The topological polar surface area (TPSA) is 36.4 Å². The van der Waals surface area contributed by atoms with Crippen LogP contribution in [0.15, 0.2) is 18.2 Å². The van der Waals surface area contributed by atoms with Gasteiger partial charge in [0.2, 0.25) is 5.91 Å². The third kappa shape index (κ3) is 4.46. The minimum Gasteiger partial charge on any atom is -0.345 e. The maximum atomic E-state index is 13.0. The smallest absolute Gasteiger partial charge is 0.225 e. The Balaban J connectivity index is 1.29. The lowest BCUT2D eigenvalue weighted by Crippen LogP contribution is -2.50. The van der Waals surface area contributed by atoms with Crippen LogP contribution in [-0.2, 0) is 4.79 Å². The van der Waals surface area contributed by atoms with E-state index in [0.29, 0.717) is 5.91 Å². The zero-order chi connectivity index (χ0) is 19.5. The zero-order valence-corrected chi connectivity index (χ0v) is 18.3. The first-order chi connectivity index (χ1) is 13.6. The number of aromatic nitrogens is 1. The second kappa shape index (κ2) is 9.00. The number of rotatable bonds is 5. The van der Waals surface area contributed by atoms with E-state index in [9.17, 15) is 4.79 Å². The molecule has 1 aliphatic carbocycles. The van der Waals surface area contributed by atoms with Crippen molar-refractivity contribution >= 4 is 44.2 Å². The van der Waals surface area contributed by atoms with Gasteiger partial charge >= 0.3 is 0 Å². The van der Waals surface area contributed by atoms with Gasteiger partial charge in [0.25, 0.3) is 0 Å². The molecule has 2 aliphatic rings. The Labute approximate surface area is 176 Å². The molecule has 2 aromatic rings. The number of amides is 1. The molecule has 2 fully saturated rings. The van der Waals surface area contributed by atoms with Crippen molar-refractivity contribution < 1.29 is 4.79 Å². The Morgan fingerprint density at radius 2 is 1.93 bits per heavy atom. The van der Waals surface area contributed by atoms with E-state index in [0.717, 1.165) is 65.3 Å². The van der Waals surface area contributed by atoms with Crippen molar-refractivity contribution in [3.05, 3.63) is 23.2 Å². The van der Waals surface area contributed by atoms with Gasteiger partial charge in [0.05, 0.1) is 10.2 Å². The Bertz CT molecular complexity index is 807. The molecule has 6 heteroatoms. The highest BCUT2D eigenvalue weighted by atomic mass is 35.5. The van der Waals surface area contributed by atoms with Crippen LogP contribution < -0.4 is 4.90 Å². The maximum Gasteiger partial charge on any atom is 0.225 e. The summed E-state index contributed by atoms with van der Waals surface area (Å²) in [6.45, 7) is 5.62. The van der Waals surface area contributed by atoms with Crippen molar-refractivity contribution in [3.63, 3.8) is 0 Å². The Kier molecular flexibility index (Phi) is 6.42. The molecule has 152 valence electrons. The van der Waals surface area contributed by atoms with E-state index in [-0.39, 0.29) is 5.92 Å². The molecule has 4 rings (SSSR count). The van der Waals surface area contributed by atoms with Crippen molar-refractivity contribution in [2.45, 2.75) is 51.9 Å². The van der Waals surface area contributed by atoms with Crippen LogP contribution >= 0.6 is 22.9 Å². The highest BCUT2D eigenvalue weighted by molar-refractivity contribution is 7.22. The van der Waals surface area contributed by atoms with Gasteiger partial charge in [-0.15, -0.1) is 0 Å². The van der Waals surface area contributed by atoms with E-state index < -0.39 is 0 Å². The van der Waals surface area contributed by atoms with Gasteiger partial charge in [-0.2, -0.15) is 0 Å². The molecule has 28 heavy (non-hydrogen) atoms. The molecular formula is C22H30ClN3OS. The number of halogens is 1. The summed E-state index contributed by atoms with van der Waals surface area (Å²) in [5.41, 5.74) is 1.00. The van der Waals surface area contributed by atoms with Crippen LogP contribution in [0.4, 0.5) is 5.13 Å². The second-order valence-corrected chi connectivity index (χ2v) is 9.73. The van der Waals surface area contributed by atoms with Crippen LogP contribution in [0.3, 0.4) is 0 Å². The lowest BCUT2D eigenvalue weighted by Gasteiger charge is -2.37. The highest BCUT2D eigenvalue weighted by Gasteiger charge is 2.31. The summed E-state index contributed by atoms with van der Waals surface area (Å²) in [4.78, 5) is 22.1. The first-order valence-electron chi connectivity index (χ1n) is 10.7. The van der Waals surface area contributed by atoms with Gasteiger partial charge in [0.15, 0.2) is 5.13 Å². The minimum atomic E-state index is 0.258. The molecule has 0 bridgehead atoms. The zero-order valence-electron chi connectivity index (χ0n) is 16.7. The largest absolute Gasteiger partial charge is 0.345 e. The van der Waals surface area contributed by atoms with Crippen molar-refractivity contribution in [1.82, 2.24) is 9.88 Å². The Hall–Kier alpha value is -1.33. The number of thiazole rings is 1. The third-order valence-electron chi connectivity index (χ3n) is 6.36. The van der Waals surface area contributed by atoms with E-state index >= 15 is 0 Å². The Morgan fingerprint density at radius 3 is 2.64 bits per heavy atom. The highest BCUT2D eigenvalue weighted by Crippen LogP contribution is 2.34. The molecule has 1 saturated carbocycles. The number of carbonyl (C=O) groups excluding carboxylic acids is 1. The quantitative estimate of drug-likeness (QED) is 0.633. The van der Waals surface area contributed by atoms with Gasteiger partial charge in [0, 0.05) is 37.1 Å². The van der Waals surface area contributed by atoms with Crippen LogP contribution in [0.1, 0.15) is 51.9 Å². The predicted octanol–water partition coefficient (Wildman–Crippen LogP) is 5.59. The first-order valence-corrected chi connectivity index (χ1v) is 11.9. The van der Waals surface area contributed by atoms with Crippen LogP contribution in [0.25, 0.3) is 10.2 Å². The van der Waals surface area contributed by atoms with Crippen molar-refractivity contribution in [2.24, 2.45) is 11.8 Å². The van der Waals surface area contributed by atoms with E-state index in [1.165, 1.54) is 32.1 Å².